The first-order valence-corrected chi connectivity index (χ1v) is 12.9. The van der Waals surface area contributed by atoms with E-state index in [9.17, 15) is 19.5 Å². The second-order valence-electron chi connectivity index (χ2n) is 9.29. The van der Waals surface area contributed by atoms with Crippen molar-refractivity contribution in [2.75, 3.05) is 39.2 Å². The average Bonchev–Trinajstić information content (AvgIpc) is 2.79. The van der Waals surface area contributed by atoms with E-state index in [2.05, 4.69) is 5.32 Å². The Hall–Kier alpha value is -2.75. The summed E-state index contributed by atoms with van der Waals surface area (Å²) in [5.41, 5.74) is 0.460. The van der Waals surface area contributed by atoms with Gasteiger partial charge in [0, 0.05) is 10.6 Å². The SMILES string of the molecule is C[N+](C)(C)CC=CC1=C(C(=O)[O-])N2C(=O)[C@@H](NC(=O)CSc3ccc4ccccc4c3)[C@H]2SC1. The number of benzene rings is 2. The van der Waals surface area contributed by atoms with Crippen LogP contribution >= 0.6 is 23.5 Å². The number of nitrogens with zero attached hydrogens (tertiary/aromatic N) is 2. The molecule has 0 aliphatic carbocycles. The van der Waals surface area contributed by atoms with Gasteiger partial charge in [0.25, 0.3) is 5.91 Å². The summed E-state index contributed by atoms with van der Waals surface area (Å²) < 4.78 is 0.703. The van der Waals surface area contributed by atoms with Crippen molar-refractivity contribution < 1.29 is 24.0 Å². The third kappa shape index (κ3) is 5.32. The van der Waals surface area contributed by atoms with Gasteiger partial charge in [-0.05, 0) is 34.6 Å². The molecule has 178 valence electrons. The minimum Gasteiger partial charge on any atom is -0.543 e. The summed E-state index contributed by atoms with van der Waals surface area (Å²) in [7, 11) is 6.11. The average molecular weight is 498 g/mol. The molecule has 2 aromatic rings. The van der Waals surface area contributed by atoms with Crippen LogP contribution in [0.5, 0.6) is 0 Å². The molecule has 1 fully saturated rings. The number of β-lactam (4-membered cyclic amide) rings is 1. The van der Waals surface area contributed by atoms with Crippen LogP contribution in [0.3, 0.4) is 0 Å². The molecule has 4 rings (SSSR count). The minimum absolute atomic E-state index is 0.0950. The van der Waals surface area contributed by atoms with Crippen LogP contribution in [0.1, 0.15) is 0 Å². The number of fused-ring (bicyclic) bond motifs is 2. The number of carbonyl (C=O) groups excluding carboxylic acids is 3. The van der Waals surface area contributed by atoms with Crippen LogP contribution in [0.2, 0.25) is 0 Å². The number of quaternary nitrogens is 1. The molecule has 2 aliphatic rings. The van der Waals surface area contributed by atoms with Gasteiger partial charge in [0.1, 0.15) is 11.4 Å². The largest absolute Gasteiger partial charge is 0.543 e. The van der Waals surface area contributed by atoms with Crippen molar-refractivity contribution in [2.45, 2.75) is 16.3 Å². The van der Waals surface area contributed by atoms with Gasteiger partial charge in [-0.25, -0.2) is 0 Å². The topological polar surface area (TPSA) is 89.5 Å². The van der Waals surface area contributed by atoms with Crippen LogP contribution in [0, 0.1) is 0 Å². The van der Waals surface area contributed by atoms with Gasteiger partial charge in [0.05, 0.1) is 45.1 Å². The Labute approximate surface area is 207 Å². The molecule has 0 unspecified atom stereocenters. The van der Waals surface area contributed by atoms with Gasteiger partial charge < -0.3 is 19.7 Å². The molecular formula is C25H27N3O4S2. The zero-order valence-corrected chi connectivity index (χ0v) is 20.9. The van der Waals surface area contributed by atoms with Gasteiger partial charge >= 0.3 is 0 Å². The lowest BCUT2D eigenvalue weighted by atomic mass is 10.0. The zero-order valence-electron chi connectivity index (χ0n) is 19.3. The lowest BCUT2D eigenvalue weighted by molar-refractivity contribution is -0.864. The molecule has 2 heterocycles. The number of hydrogen-bond acceptors (Lipinski definition) is 6. The van der Waals surface area contributed by atoms with E-state index in [4.69, 9.17) is 0 Å². The van der Waals surface area contributed by atoms with Gasteiger partial charge in [-0.15, -0.1) is 23.5 Å². The van der Waals surface area contributed by atoms with E-state index in [0.29, 0.717) is 15.8 Å². The lowest BCUT2D eigenvalue weighted by Crippen LogP contribution is -2.71. The molecule has 0 bridgehead atoms. The molecule has 34 heavy (non-hydrogen) atoms. The number of likely N-dealkylation sites (N-methyl/N-ethyl adjacent to an activating group) is 1. The summed E-state index contributed by atoms with van der Waals surface area (Å²) in [5.74, 6) is -1.45. The highest BCUT2D eigenvalue weighted by Crippen LogP contribution is 2.40. The van der Waals surface area contributed by atoms with Crippen LogP contribution in [0.25, 0.3) is 10.8 Å². The summed E-state index contributed by atoms with van der Waals surface area (Å²) in [6, 6.07) is 13.3. The van der Waals surface area contributed by atoms with Crippen LogP contribution in [0.4, 0.5) is 0 Å². The summed E-state index contributed by atoms with van der Waals surface area (Å²) in [5, 5.41) is 16.4. The molecule has 7 nitrogen and oxygen atoms in total. The van der Waals surface area contributed by atoms with Crippen molar-refractivity contribution in [3.63, 3.8) is 0 Å². The number of carboxylic acids is 1. The van der Waals surface area contributed by atoms with Crippen LogP contribution < -0.4 is 10.4 Å². The molecule has 0 aromatic heterocycles. The normalized spacial score (nSPS) is 20.4. The number of aliphatic carboxylic acids is 1. The predicted molar refractivity (Wildman–Crippen MR) is 134 cm³/mol. The van der Waals surface area contributed by atoms with E-state index in [0.717, 1.165) is 22.2 Å². The van der Waals surface area contributed by atoms with Gasteiger partial charge in [0.15, 0.2) is 0 Å². The number of nitrogens with one attached hydrogen (secondary N) is 1. The lowest BCUT2D eigenvalue weighted by Gasteiger charge is -2.50. The molecule has 0 spiro atoms. The molecule has 9 heteroatoms. The number of carboxylic acid groups (broad SMARTS) is 1. The fraction of sp³-hybridized carbons (Fsp3) is 0.320. The Morgan fingerprint density at radius 1 is 1.21 bits per heavy atom. The number of hydrogen-bond donors (Lipinski definition) is 1. The Morgan fingerprint density at radius 2 is 1.94 bits per heavy atom. The van der Waals surface area contributed by atoms with Crippen molar-refractivity contribution >= 4 is 52.1 Å². The molecule has 2 aromatic carbocycles. The Kier molecular flexibility index (Phi) is 7.06. The number of rotatable bonds is 8. The van der Waals surface area contributed by atoms with Crippen molar-refractivity contribution in [3.05, 3.63) is 65.9 Å². The Bertz CT molecular complexity index is 1200. The molecular weight excluding hydrogens is 470 g/mol. The summed E-state index contributed by atoms with van der Waals surface area (Å²) >= 11 is 2.85. The second-order valence-corrected chi connectivity index (χ2v) is 11.4. The third-order valence-corrected chi connectivity index (χ3v) is 7.87. The Morgan fingerprint density at radius 3 is 2.65 bits per heavy atom. The highest BCUT2D eigenvalue weighted by Gasteiger charge is 2.52. The van der Waals surface area contributed by atoms with Crippen molar-refractivity contribution in [1.82, 2.24) is 10.2 Å². The number of thioether (sulfide) groups is 2. The first-order valence-electron chi connectivity index (χ1n) is 10.9. The number of amides is 2. The molecule has 2 amide bonds. The van der Waals surface area contributed by atoms with Crippen molar-refractivity contribution in [1.29, 1.82) is 0 Å². The molecule has 0 saturated carbocycles. The van der Waals surface area contributed by atoms with Crippen LogP contribution in [0.15, 0.2) is 70.8 Å². The van der Waals surface area contributed by atoms with E-state index in [1.807, 2.05) is 69.7 Å². The molecule has 2 atom stereocenters. The fourth-order valence-corrected chi connectivity index (χ4v) is 5.97. The summed E-state index contributed by atoms with van der Waals surface area (Å²) in [6.07, 6.45) is 3.67. The van der Waals surface area contributed by atoms with Crippen LogP contribution in [-0.4, -0.2) is 77.8 Å². The standard InChI is InChI=1S/C25H27N3O4S2/c1-28(2,3)12-6-9-18-14-34-24-21(23(30)27(24)22(18)25(31)32)26-20(29)15-33-19-11-10-16-7-4-5-8-17(16)13-19/h4-11,13,21,24H,12,14-15H2,1-3H3,(H-,26,29,31,32)/t21-,24-/m1/s1. The summed E-state index contributed by atoms with van der Waals surface area (Å²) in [6.45, 7) is 0.722. The number of allylic oxidation sites excluding steroid dienone is 1. The van der Waals surface area contributed by atoms with E-state index in [-0.39, 0.29) is 17.4 Å². The van der Waals surface area contributed by atoms with Gasteiger partial charge in [-0.1, -0.05) is 36.4 Å². The maximum atomic E-state index is 12.8. The minimum atomic E-state index is -1.37. The monoisotopic (exact) mass is 497 g/mol. The molecule has 0 radical (unpaired) electrons. The van der Waals surface area contributed by atoms with E-state index in [1.54, 1.807) is 6.08 Å². The third-order valence-electron chi connectivity index (χ3n) is 5.57. The maximum absolute atomic E-state index is 12.8. The van der Waals surface area contributed by atoms with Gasteiger partial charge in [-0.3, -0.25) is 14.5 Å². The van der Waals surface area contributed by atoms with Gasteiger partial charge in [0.2, 0.25) is 5.91 Å². The highest BCUT2D eigenvalue weighted by molar-refractivity contribution is 8.00. The van der Waals surface area contributed by atoms with Crippen LogP contribution in [-0.2, 0) is 14.4 Å². The highest BCUT2D eigenvalue weighted by atomic mass is 32.2. The maximum Gasteiger partial charge on any atom is 0.253 e. The van der Waals surface area contributed by atoms with E-state index in [1.165, 1.54) is 28.4 Å². The van der Waals surface area contributed by atoms with Gasteiger partial charge in [-0.2, -0.15) is 0 Å². The fourth-order valence-electron chi connectivity index (χ4n) is 3.89. The Balaban J connectivity index is 1.38. The molecule has 1 N–H and O–H groups in total. The smallest absolute Gasteiger partial charge is 0.253 e. The zero-order chi connectivity index (χ0) is 24.5. The van der Waals surface area contributed by atoms with E-state index >= 15 is 0 Å². The first-order chi connectivity index (χ1) is 16.1. The summed E-state index contributed by atoms with van der Waals surface area (Å²) in [4.78, 5) is 39.4. The quantitative estimate of drug-likeness (QED) is 0.339. The molecule has 1 saturated heterocycles. The molecule has 2 aliphatic heterocycles. The van der Waals surface area contributed by atoms with Crippen molar-refractivity contribution in [2.24, 2.45) is 0 Å². The van der Waals surface area contributed by atoms with E-state index < -0.39 is 23.3 Å². The predicted octanol–water partition coefficient (Wildman–Crippen LogP) is 1.60. The van der Waals surface area contributed by atoms with Crippen molar-refractivity contribution in [3.8, 4) is 0 Å². The number of carbonyl (C=O) groups is 3. The first kappa shape index (κ1) is 24.4. The second kappa shape index (κ2) is 9.85.